The Labute approximate surface area is 166 Å². The normalized spacial score (nSPS) is 54.2. The first-order valence-corrected chi connectivity index (χ1v) is 11.3. The Morgan fingerprint density at radius 1 is 1.04 bits per heavy atom. The van der Waals surface area contributed by atoms with Crippen molar-refractivity contribution < 1.29 is 14.3 Å². The fourth-order valence-corrected chi connectivity index (χ4v) is 8.74. The smallest absolute Gasteiger partial charge is 0.335 e. The highest BCUT2D eigenvalue weighted by Crippen LogP contribution is 2.77. The van der Waals surface area contributed by atoms with Crippen LogP contribution < -0.4 is 5.63 Å². The molecule has 0 radical (unpaired) electrons. The molecule has 5 fully saturated rings. The highest BCUT2D eigenvalue weighted by atomic mass is 16.6. The molecule has 9 atom stereocenters. The summed E-state index contributed by atoms with van der Waals surface area (Å²) in [6.45, 7) is 4.97. The lowest BCUT2D eigenvalue weighted by atomic mass is 9.44. The number of hydrogen-bond acceptors (Lipinski definition) is 4. The van der Waals surface area contributed by atoms with Gasteiger partial charge in [0, 0.05) is 11.5 Å². The molecule has 1 aliphatic heterocycles. The second-order valence-electron chi connectivity index (χ2n) is 11.0. The Kier molecular flexibility index (Phi) is 3.49. The number of fused-ring (bicyclic) bond motifs is 3. The molecule has 4 heteroatoms. The Bertz CT molecular complexity index is 842. The molecule has 5 aliphatic rings. The van der Waals surface area contributed by atoms with Gasteiger partial charge in [0.2, 0.25) is 0 Å². The third-order valence-electron chi connectivity index (χ3n) is 10.2. The molecular formula is C24H32O4. The molecule has 1 N–H and O–H groups in total. The zero-order valence-electron chi connectivity index (χ0n) is 17.0. The van der Waals surface area contributed by atoms with Crippen molar-refractivity contribution in [2.45, 2.75) is 88.9 Å². The van der Waals surface area contributed by atoms with Crippen molar-refractivity contribution in [1.29, 1.82) is 0 Å². The topological polar surface area (TPSA) is 63.0 Å². The van der Waals surface area contributed by atoms with Crippen LogP contribution in [0.2, 0.25) is 0 Å². The Hall–Kier alpha value is -1.13. The van der Waals surface area contributed by atoms with Crippen molar-refractivity contribution in [3.63, 3.8) is 0 Å². The Morgan fingerprint density at radius 2 is 1.89 bits per heavy atom. The molecule has 0 bridgehead atoms. The molecular weight excluding hydrogens is 352 g/mol. The zero-order valence-corrected chi connectivity index (χ0v) is 17.0. The largest absolute Gasteiger partial charge is 0.431 e. The summed E-state index contributed by atoms with van der Waals surface area (Å²) in [7, 11) is 0. The van der Waals surface area contributed by atoms with Gasteiger partial charge < -0.3 is 14.3 Å². The van der Waals surface area contributed by atoms with E-state index in [1.54, 1.807) is 12.3 Å². The average Bonchev–Trinajstić information content (AvgIpc) is 3.33. The molecule has 6 rings (SSSR count). The predicted octanol–water partition coefficient (Wildman–Crippen LogP) is 4.26. The summed E-state index contributed by atoms with van der Waals surface area (Å²) in [5, 5.41) is 10.2. The van der Waals surface area contributed by atoms with E-state index in [0.717, 1.165) is 25.2 Å². The molecule has 0 aromatic carbocycles. The van der Waals surface area contributed by atoms with Crippen LogP contribution in [-0.2, 0) is 4.74 Å². The van der Waals surface area contributed by atoms with E-state index in [-0.39, 0.29) is 22.7 Å². The highest BCUT2D eigenvalue weighted by molar-refractivity contribution is 5.35. The minimum atomic E-state index is -0.266. The van der Waals surface area contributed by atoms with Crippen LogP contribution in [0.25, 0.3) is 0 Å². The van der Waals surface area contributed by atoms with Gasteiger partial charge in [-0.25, -0.2) is 4.79 Å². The molecule has 4 nitrogen and oxygen atoms in total. The van der Waals surface area contributed by atoms with Gasteiger partial charge in [-0.3, -0.25) is 0 Å². The second kappa shape index (κ2) is 5.51. The maximum Gasteiger partial charge on any atom is 0.335 e. The molecule has 1 aromatic rings. The van der Waals surface area contributed by atoms with Gasteiger partial charge in [0.25, 0.3) is 0 Å². The van der Waals surface area contributed by atoms with Crippen molar-refractivity contribution in [3.8, 4) is 0 Å². The van der Waals surface area contributed by atoms with Crippen LogP contribution in [0.5, 0.6) is 0 Å². The summed E-state index contributed by atoms with van der Waals surface area (Å²) in [4.78, 5) is 11.4. The molecule has 28 heavy (non-hydrogen) atoms. The Morgan fingerprint density at radius 3 is 2.68 bits per heavy atom. The van der Waals surface area contributed by atoms with Crippen molar-refractivity contribution >= 4 is 0 Å². The molecule has 0 unspecified atom stereocenters. The number of rotatable bonds is 1. The molecule has 0 amide bonds. The van der Waals surface area contributed by atoms with Gasteiger partial charge >= 0.3 is 5.63 Å². The molecule has 4 aliphatic carbocycles. The van der Waals surface area contributed by atoms with E-state index in [4.69, 9.17) is 9.15 Å². The summed E-state index contributed by atoms with van der Waals surface area (Å²) in [6, 6.07) is 3.55. The third kappa shape index (κ3) is 2.01. The number of hydrogen-bond donors (Lipinski definition) is 1. The van der Waals surface area contributed by atoms with Gasteiger partial charge in [-0.05, 0) is 92.1 Å². The number of ether oxygens (including phenoxy) is 1. The monoisotopic (exact) mass is 384 g/mol. The molecule has 152 valence electrons. The lowest BCUT2D eigenvalue weighted by Crippen LogP contribution is -2.58. The standard InChI is InChI=1S/C24H32O4/c1-22-9-7-16(25)11-15(22)4-5-18-17(22)8-10-23(2)19(12-20-24(18,23)28-20)14-3-6-21(26)27-13-14/h3,6,13,15-20,25H,4-5,7-12H2,1-2H3/t15-,16-,17+,18-,19-,20-,22+,23-,24-/m1/s1. The van der Waals surface area contributed by atoms with Crippen LogP contribution >= 0.6 is 0 Å². The SMILES string of the molecule is C[C@]12CC[C@@H](O)C[C@H]1CC[C@@H]1[C@@H]2CC[C@]2(C)[C@@H](c3ccc(=O)oc3)C[C@H]3O[C@]132. The van der Waals surface area contributed by atoms with Crippen LogP contribution in [0, 0.1) is 28.6 Å². The molecule has 1 aromatic heterocycles. The minimum absolute atomic E-state index is 0.0285. The zero-order chi connectivity index (χ0) is 19.3. The van der Waals surface area contributed by atoms with Crippen LogP contribution in [-0.4, -0.2) is 22.9 Å². The molecule has 1 spiro atoms. The van der Waals surface area contributed by atoms with Crippen LogP contribution in [0.15, 0.2) is 27.6 Å². The summed E-state index contributed by atoms with van der Waals surface area (Å²) >= 11 is 0. The van der Waals surface area contributed by atoms with Gasteiger partial charge in [0.1, 0.15) is 5.60 Å². The first-order valence-electron chi connectivity index (χ1n) is 11.3. The predicted molar refractivity (Wildman–Crippen MR) is 105 cm³/mol. The summed E-state index contributed by atoms with van der Waals surface area (Å²) in [6.07, 6.45) is 11.1. The van der Waals surface area contributed by atoms with Crippen LogP contribution in [0.3, 0.4) is 0 Å². The minimum Gasteiger partial charge on any atom is -0.431 e. The van der Waals surface area contributed by atoms with Gasteiger partial charge in [-0.15, -0.1) is 0 Å². The van der Waals surface area contributed by atoms with Crippen molar-refractivity contribution in [2.75, 3.05) is 0 Å². The maximum absolute atomic E-state index is 11.4. The number of aliphatic hydroxyl groups excluding tert-OH is 1. The maximum atomic E-state index is 11.4. The van der Waals surface area contributed by atoms with Gasteiger partial charge in [0.15, 0.2) is 0 Å². The fourth-order valence-electron chi connectivity index (χ4n) is 8.74. The van der Waals surface area contributed by atoms with E-state index in [1.165, 1.54) is 37.7 Å². The van der Waals surface area contributed by atoms with Crippen molar-refractivity contribution in [2.24, 2.45) is 28.6 Å². The lowest BCUT2D eigenvalue weighted by molar-refractivity contribution is -0.139. The summed E-state index contributed by atoms with van der Waals surface area (Å²) < 4.78 is 11.8. The van der Waals surface area contributed by atoms with Gasteiger partial charge in [0.05, 0.1) is 18.5 Å². The Balaban J connectivity index is 1.36. The van der Waals surface area contributed by atoms with E-state index in [1.807, 2.05) is 6.07 Å². The molecule has 2 heterocycles. The first kappa shape index (κ1) is 17.7. The lowest BCUT2D eigenvalue weighted by Gasteiger charge is -2.61. The summed E-state index contributed by atoms with van der Waals surface area (Å²) in [5.41, 5.74) is 1.44. The third-order valence-corrected chi connectivity index (χ3v) is 10.2. The molecule has 4 saturated carbocycles. The van der Waals surface area contributed by atoms with E-state index in [2.05, 4.69) is 13.8 Å². The molecule has 1 saturated heterocycles. The van der Waals surface area contributed by atoms with Crippen molar-refractivity contribution in [3.05, 3.63) is 34.4 Å². The van der Waals surface area contributed by atoms with Crippen molar-refractivity contribution in [1.82, 2.24) is 0 Å². The fraction of sp³-hybridized carbons (Fsp3) is 0.792. The van der Waals surface area contributed by atoms with Crippen LogP contribution in [0.4, 0.5) is 0 Å². The average molecular weight is 385 g/mol. The van der Waals surface area contributed by atoms with E-state index < -0.39 is 0 Å². The van der Waals surface area contributed by atoms with Crippen LogP contribution in [0.1, 0.15) is 76.7 Å². The number of aliphatic hydroxyl groups is 1. The second-order valence-corrected chi connectivity index (χ2v) is 11.0. The van der Waals surface area contributed by atoms with E-state index in [9.17, 15) is 9.90 Å². The quantitative estimate of drug-likeness (QED) is 0.735. The number of epoxide rings is 1. The van der Waals surface area contributed by atoms with E-state index >= 15 is 0 Å². The summed E-state index contributed by atoms with van der Waals surface area (Å²) in [5.74, 6) is 2.48. The highest BCUT2D eigenvalue weighted by Gasteiger charge is 2.80. The first-order chi connectivity index (χ1) is 13.4. The van der Waals surface area contributed by atoms with Gasteiger partial charge in [-0.2, -0.15) is 0 Å². The van der Waals surface area contributed by atoms with E-state index in [0.29, 0.717) is 29.3 Å². The van der Waals surface area contributed by atoms with Gasteiger partial charge in [-0.1, -0.05) is 13.8 Å².